The van der Waals surface area contributed by atoms with Gasteiger partial charge in [0.25, 0.3) is 0 Å². The van der Waals surface area contributed by atoms with Gasteiger partial charge in [-0.15, -0.1) is 0 Å². The molecule has 0 spiro atoms. The van der Waals surface area contributed by atoms with Gasteiger partial charge in [-0.2, -0.15) is 0 Å². The van der Waals surface area contributed by atoms with Gasteiger partial charge >= 0.3 is 5.97 Å². The topological polar surface area (TPSA) is 67.1 Å². The molecule has 1 aromatic rings. The first-order valence-electron chi connectivity index (χ1n) is 8.80. The molecule has 1 fully saturated rings. The van der Waals surface area contributed by atoms with Crippen LogP contribution in [0.3, 0.4) is 0 Å². The van der Waals surface area contributed by atoms with Crippen molar-refractivity contribution in [2.75, 3.05) is 26.2 Å². The summed E-state index contributed by atoms with van der Waals surface area (Å²) in [6, 6.07) is 2.04. The van der Waals surface area contributed by atoms with Gasteiger partial charge < -0.3 is 19.4 Å². The molecule has 1 aliphatic heterocycles. The lowest BCUT2D eigenvalue weighted by molar-refractivity contribution is -0.149. The number of carbonyl (C=O) groups is 1. The number of nitrogens with one attached hydrogen (secondary N) is 1. The fourth-order valence-corrected chi connectivity index (χ4v) is 3.01. The van der Waals surface area contributed by atoms with Crippen LogP contribution in [0.2, 0.25) is 0 Å². The Kier molecular flexibility index (Phi) is 6.70. The molecule has 1 saturated heterocycles. The maximum atomic E-state index is 11.9. The van der Waals surface area contributed by atoms with Gasteiger partial charge in [0.2, 0.25) is 0 Å². The summed E-state index contributed by atoms with van der Waals surface area (Å²) in [6.07, 6.45) is 1.63. The van der Waals surface area contributed by atoms with Crippen LogP contribution >= 0.6 is 0 Å². The number of carbonyl (C=O) groups excluding carboxylic acids is 1. The SMILES string of the molecule is CCNC(=NCc1cc(C)oc1C)N1CCC(C(=O)OCC)CC1. The lowest BCUT2D eigenvalue weighted by atomic mass is 9.97. The minimum absolute atomic E-state index is 0.0165. The molecule has 1 N–H and O–H groups in total. The summed E-state index contributed by atoms with van der Waals surface area (Å²) in [5, 5.41) is 3.35. The third kappa shape index (κ3) is 4.76. The van der Waals surface area contributed by atoms with E-state index in [1.54, 1.807) is 0 Å². The Labute approximate surface area is 144 Å². The number of hydrogen-bond donors (Lipinski definition) is 1. The molecule has 2 rings (SSSR count). The standard InChI is InChI=1S/C18H29N3O3/c1-5-19-18(20-12-16-11-13(3)24-14(16)4)21-9-7-15(8-10-21)17(22)23-6-2/h11,15H,5-10,12H2,1-4H3,(H,19,20). The van der Waals surface area contributed by atoms with Crippen LogP contribution in [-0.4, -0.2) is 43.1 Å². The lowest BCUT2D eigenvalue weighted by Gasteiger charge is -2.33. The van der Waals surface area contributed by atoms with Gasteiger partial charge in [0.05, 0.1) is 19.1 Å². The van der Waals surface area contributed by atoms with E-state index in [2.05, 4.69) is 17.1 Å². The van der Waals surface area contributed by atoms with E-state index in [-0.39, 0.29) is 11.9 Å². The van der Waals surface area contributed by atoms with E-state index < -0.39 is 0 Å². The highest BCUT2D eigenvalue weighted by Crippen LogP contribution is 2.19. The van der Waals surface area contributed by atoms with Gasteiger partial charge in [0.1, 0.15) is 11.5 Å². The van der Waals surface area contributed by atoms with E-state index in [1.165, 1.54) is 0 Å². The molecule has 1 aromatic heterocycles. The monoisotopic (exact) mass is 335 g/mol. The van der Waals surface area contributed by atoms with Crippen molar-refractivity contribution in [1.29, 1.82) is 0 Å². The number of likely N-dealkylation sites (tertiary alicyclic amines) is 1. The fraction of sp³-hybridized carbons (Fsp3) is 0.667. The maximum Gasteiger partial charge on any atom is 0.309 e. The summed E-state index contributed by atoms with van der Waals surface area (Å²) in [6.45, 7) is 11.3. The number of piperidine rings is 1. The van der Waals surface area contributed by atoms with E-state index in [9.17, 15) is 4.79 Å². The molecule has 6 heteroatoms. The number of aliphatic imine (C=N–C) groups is 1. The van der Waals surface area contributed by atoms with Gasteiger partial charge in [-0.3, -0.25) is 4.79 Å². The Bertz CT molecular complexity index is 572. The molecule has 0 radical (unpaired) electrons. The highest BCUT2D eigenvalue weighted by Gasteiger charge is 2.27. The van der Waals surface area contributed by atoms with E-state index in [4.69, 9.17) is 14.1 Å². The number of esters is 1. The molecule has 2 heterocycles. The number of ether oxygens (including phenoxy) is 1. The van der Waals surface area contributed by atoms with Crippen molar-refractivity contribution in [3.05, 3.63) is 23.2 Å². The molecule has 0 amide bonds. The zero-order valence-corrected chi connectivity index (χ0v) is 15.2. The molecule has 0 aliphatic carbocycles. The highest BCUT2D eigenvalue weighted by atomic mass is 16.5. The number of guanidine groups is 1. The molecular weight excluding hydrogens is 306 g/mol. The highest BCUT2D eigenvalue weighted by molar-refractivity contribution is 5.80. The van der Waals surface area contributed by atoms with Gasteiger partial charge in [-0.25, -0.2) is 4.99 Å². The molecule has 0 atom stereocenters. The molecule has 134 valence electrons. The van der Waals surface area contributed by atoms with Crippen LogP contribution in [-0.2, 0) is 16.1 Å². The second-order valence-corrected chi connectivity index (χ2v) is 6.12. The Balaban J connectivity index is 1.97. The summed E-state index contributed by atoms with van der Waals surface area (Å²) >= 11 is 0. The van der Waals surface area contributed by atoms with Crippen LogP contribution in [0.4, 0.5) is 0 Å². The smallest absolute Gasteiger partial charge is 0.309 e. The molecule has 0 unspecified atom stereocenters. The second kappa shape index (κ2) is 8.76. The predicted molar refractivity (Wildman–Crippen MR) is 93.9 cm³/mol. The van der Waals surface area contributed by atoms with Crippen molar-refractivity contribution in [2.24, 2.45) is 10.9 Å². The molecular formula is C18H29N3O3. The van der Waals surface area contributed by atoms with Crippen molar-refractivity contribution >= 4 is 11.9 Å². The van der Waals surface area contributed by atoms with Gasteiger partial charge in [0.15, 0.2) is 5.96 Å². The van der Waals surface area contributed by atoms with E-state index in [0.29, 0.717) is 13.2 Å². The average molecular weight is 335 g/mol. The van der Waals surface area contributed by atoms with Gasteiger partial charge in [-0.1, -0.05) is 0 Å². The number of rotatable bonds is 5. The number of aryl methyl sites for hydroxylation is 2. The van der Waals surface area contributed by atoms with E-state index in [1.807, 2.05) is 26.8 Å². The lowest BCUT2D eigenvalue weighted by Crippen LogP contribution is -2.46. The van der Waals surface area contributed by atoms with Gasteiger partial charge in [-0.05, 0) is 46.6 Å². The zero-order valence-electron chi connectivity index (χ0n) is 15.2. The van der Waals surface area contributed by atoms with E-state index >= 15 is 0 Å². The third-order valence-electron chi connectivity index (χ3n) is 4.29. The van der Waals surface area contributed by atoms with Crippen molar-refractivity contribution in [2.45, 2.75) is 47.1 Å². The summed E-state index contributed by atoms with van der Waals surface area (Å²) in [4.78, 5) is 18.8. The molecule has 6 nitrogen and oxygen atoms in total. The summed E-state index contributed by atoms with van der Waals surface area (Å²) in [7, 11) is 0. The first-order valence-corrected chi connectivity index (χ1v) is 8.80. The quantitative estimate of drug-likeness (QED) is 0.509. The summed E-state index contributed by atoms with van der Waals surface area (Å²) in [5.74, 6) is 2.69. The second-order valence-electron chi connectivity index (χ2n) is 6.12. The number of furan rings is 1. The van der Waals surface area contributed by atoms with Gasteiger partial charge in [0, 0.05) is 25.2 Å². The summed E-state index contributed by atoms with van der Waals surface area (Å²) < 4.78 is 10.7. The van der Waals surface area contributed by atoms with Crippen molar-refractivity contribution in [3.8, 4) is 0 Å². The largest absolute Gasteiger partial charge is 0.466 e. The Morgan fingerprint density at radius 2 is 2.08 bits per heavy atom. The first-order chi connectivity index (χ1) is 11.5. The average Bonchev–Trinajstić information content (AvgIpc) is 2.89. The van der Waals surface area contributed by atoms with E-state index in [0.717, 1.165) is 55.5 Å². The Morgan fingerprint density at radius 1 is 1.38 bits per heavy atom. The molecule has 0 saturated carbocycles. The number of hydrogen-bond acceptors (Lipinski definition) is 4. The van der Waals surface area contributed by atoms with Crippen molar-refractivity contribution < 1.29 is 13.9 Å². The Hall–Kier alpha value is -1.98. The molecule has 0 bridgehead atoms. The maximum absolute atomic E-state index is 11.9. The fourth-order valence-electron chi connectivity index (χ4n) is 3.01. The molecule has 24 heavy (non-hydrogen) atoms. The zero-order chi connectivity index (χ0) is 17.5. The van der Waals surface area contributed by atoms with Crippen LogP contribution in [0.5, 0.6) is 0 Å². The van der Waals surface area contributed by atoms with Crippen molar-refractivity contribution in [3.63, 3.8) is 0 Å². The van der Waals surface area contributed by atoms with Crippen LogP contribution in [0, 0.1) is 19.8 Å². The third-order valence-corrected chi connectivity index (χ3v) is 4.29. The predicted octanol–water partition coefficient (Wildman–Crippen LogP) is 2.64. The van der Waals surface area contributed by atoms with Crippen LogP contribution in [0.25, 0.3) is 0 Å². The van der Waals surface area contributed by atoms with Crippen LogP contribution in [0.15, 0.2) is 15.5 Å². The minimum atomic E-state index is -0.0661. The normalized spacial score (nSPS) is 16.3. The number of nitrogens with zero attached hydrogens (tertiary/aromatic N) is 2. The Morgan fingerprint density at radius 3 is 2.62 bits per heavy atom. The summed E-state index contributed by atoms with van der Waals surface area (Å²) in [5.41, 5.74) is 1.12. The molecule has 1 aliphatic rings. The van der Waals surface area contributed by atoms with Crippen LogP contribution in [0.1, 0.15) is 43.8 Å². The molecule has 0 aromatic carbocycles. The van der Waals surface area contributed by atoms with Crippen LogP contribution < -0.4 is 5.32 Å². The van der Waals surface area contributed by atoms with Crippen molar-refractivity contribution in [1.82, 2.24) is 10.2 Å². The minimum Gasteiger partial charge on any atom is -0.466 e. The first kappa shape index (κ1) is 18.4.